The molecule has 0 aliphatic rings. The number of hydrogen-bond donors (Lipinski definition) is 2. The number of aromatic hydroxyl groups is 1. The van der Waals surface area contributed by atoms with Crippen LogP contribution in [0.3, 0.4) is 0 Å². The summed E-state index contributed by atoms with van der Waals surface area (Å²) in [5, 5.41) is 17.2. The number of nitrogens with zero attached hydrogens (tertiary/aromatic N) is 1. The molecule has 4 heteroatoms. The Labute approximate surface area is 151 Å². The van der Waals surface area contributed by atoms with Crippen LogP contribution >= 0.6 is 11.3 Å². The summed E-state index contributed by atoms with van der Waals surface area (Å²) < 4.78 is 3.35. The van der Waals surface area contributed by atoms with Gasteiger partial charge in [0.2, 0.25) is 0 Å². The number of anilines is 1. The van der Waals surface area contributed by atoms with E-state index in [1.54, 1.807) is 11.3 Å². The minimum Gasteiger partial charge on any atom is -0.507 e. The monoisotopic (exact) mass is 349 g/mol. The van der Waals surface area contributed by atoms with Gasteiger partial charge in [0.25, 0.3) is 0 Å². The maximum atomic E-state index is 10.6. The highest BCUT2D eigenvalue weighted by Gasteiger charge is 2.21. The van der Waals surface area contributed by atoms with Gasteiger partial charge in [-0.2, -0.15) is 0 Å². The molecule has 3 nitrogen and oxygen atoms in total. The fourth-order valence-corrected chi connectivity index (χ4v) is 4.53. The Morgan fingerprint density at radius 1 is 1.00 bits per heavy atom. The molecule has 4 rings (SSSR count). The van der Waals surface area contributed by atoms with E-state index in [0.29, 0.717) is 5.75 Å². The van der Waals surface area contributed by atoms with Crippen molar-refractivity contribution in [1.29, 1.82) is 0 Å². The van der Waals surface area contributed by atoms with Gasteiger partial charge < -0.3 is 5.11 Å². The van der Waals surface area contributed by atoms with Crippen LogP contribution in [0.15, 0.2) is 54.6 Å². The van der Waals surface area contributed by atoms with Crippen LogP contribution in [0, 0.1) is 6.92 Å². The summed E-state index contributed by atoms with van der Waals surface area (Å²) in [6.45, 7) is 2.88. The van der Waals surface area contributed by atoms with Gasteiger partial charge in [-0.05, 0) is 29.9 Å². The highest BCUT2D eigenvalue weighted by atomic mass is 32.1. The van der Waals surface area contributed by atoms with Crippen LogP contribution in [0.4, 0.5) is 5.13 Å². The molecule has 0 saturated heterocycles. The lowest BCUT2D eigenvalue weighted by molar-refractivity contribution is -0.625. The molecule has 126 valence electrons. The molecule has 0 spiro atoms. The number of thiazole rings is 1. The third-order valence-electron chi connectivity index (χ3n) is 4.72. The molecule has 0 radical (unpaired) electrons. The van der Waals surface area contributed by atoms with E-state index in [9.17, 15) is 5.11 Å². The van der Waals surface area contributed by atoms with Gasteiger partial charge in [0.1, 0.15) is 5.75 Å². The Kier molecular flexibility index (Phi) is 4.06. The number of phenols is 1. The predicted octanol–water partition coefficient (Wildman–Crippen LogP) is 4.55. The minimum absolute atomic E-state index is 0.390. The zero-order chi connectivity index (χ0) is 17.4. The first-order valence-corrected chi connectivity index (χ1v) is 9.29. The van der Waals surface area contributed by atoms with Crippen LogP contribution in [0.1, 0.15) is 11.1 Å². The van der Waals surface area contributed by atoms with E-state index in [4.69, 9.17) is 0 Å². The second-order valence-electron chi connectivity index (χ2n) is 6.33. The molecule has 1 heterocycles. The molecule has 3 aromatic carbocycles. The third-order valence-corrected chi connectivity index (χ3v) is 6.03. The maximum Gasteiger partial charge on any atom is 0.334 e. The Hall–Kier alpha value is -2.59. The van der Waals surface area contributed by atoms with Crippen molar-refractivity contribution in [2.75, 3.05) is 11.9 Å². The van der Waals surface area contributed by atoms with E-state index >= 15 is 0 Å². The largest absolute Gasteiger partial charge is 0.507 e. The molecule has 0 aliphatic heterocycles. The first-order valence-electron chi connectivity index (χ1n) is 8.47. The number of fused-ring (bicyclic) bond motifs is 3. The zero-order valence-electron chi connectivity index (χ0n) is 14.4. The van der Waals surface area contributed by atoms with Gasteiger partial charge in [-0.15, -0.1) is 0 Å². The van der Waals surface area contributed by atoms with Gasteiger partial charge in [-0.1, -0.05) is 48.5 Å². The van der Waals surface area contributed by atoms with Gasteiger partial charge in [0.05, 0.1) is 18.3 Å². The van der Waals surface area contributed by atoms with E-state index in [1.807, 2.05) is 31.2 Å². The molecule has 0 aliphatic carbocycles. The molecule has 1 aromatic heterocycles. The van der Waals surface area contributed by atoms with Crippen molar-refractivity contribution in [1.82, 2.24) is 0 Å². The normalized spacial score (nSPS) is 11.3. The minimum atomic E-state index is 0.390. The number of aromatic nitrogens is 1. The van der Waals surface area contributed by atoms with Crippen LogP contribution in [0.2, 0.25) is 0 Å². The third kappa shape index (κ3) is 2.72. The molecule has 0 fully saturated rings. The van der Waals surface area contributed by atoms with E-state index in [1.165, 1.54) is 11.1 Å². The molecule has 0 bridgehead atoms. The molecular formula is C21H21N2OS+. The van der Waals surface area contributed by atoms with Gasteiger partial charge in [0, 0.05) is 22.8 Å². The fourth-order valence-electron chi connectivity index (χ4n) is 3.34. The molecular weight excluding hydrogens is 328 g/mol. The molecule has 0 atom stereocenters. The van der Waals surface area contributed by atoms with Crippen molar-refractivity contribution in [2.45, 2.75) is 13.3 Å². The van der Waals surface area contributed by atoms with E-state index in [0.717, 1.165) is 39.1 Å². The Balaban J connectivity index is 1.72. The van der Waals surface area contributed by atoms with Crippen LogP contribution in [0.5, 0.6) is 5.75 Å². The fraction of sp³-hybridized carbons (Fsp3) is 0.190. The predicted molar refractivity (Wildman–Crippen MR) is 106 cm³/mol. The van der Waals surface area contributed by atoms with Crippen LogP contribution in [-0.2, 0) is 13.5 Å². The maximum absolute atomic E-state index is 10.6. The first-order chi connectivity index (χ1) is 12.2. The van der Waals surface area contributed by atoms with Crippen LogP contribution < -0.4 is 9.88 Å². The second kappa shape index (κ2) is 6.37. The second-order valence-corrected chi connectivity index (χ2v) is 7.32. The molecule has 4 aromatic rings. The van der Waals surface area contributed by atoms with Crippen molar-refractivity contribution >= 4 is 37.5 Å². The van der Waals surface area contributed by atoms with Gasteiger partial charge >= 0.3 is 5.13 Å². The van der Waals surface area contributed by atoms with E-state index in [-0.39, 0.29) is 0 Å². The Morgan fingerprint density at radius 2 is 1.68 bits per heavy atom. The Morgan fingerprint density at radius 3 is 2.44 bits per heavy atom. The van der Waals surface area contributed by atoms with Crippen molar-refractivity contribution in [2.24, 2.45) is 7.05 Å². The SMILES string of the molecule is Cc1c(O)c2ccccc2c2c1sc(NCCc1ccccc1)[n+]2C. The number of rotatable bonds is 4. The van der Waals surface area contributed by atoms with Crippen LogP contribution in [-0.4, -0.2) is 11.7 Å². The highest BCUT2D eigenvalue weighted by Crippen LogP contribution is 2.39. The molecule has 0 amide bonds. The van der Waals surface area contributed by atoms with E-state index in [2.05, 4.69) is 47.3 Å². The van der Waals surface area contributed by atoms with Crippen molar-refractivity contribution < 1.29 is 9.67 Å². The summed E-state index contributed by atoms with van der Waals surface area (Å²) >= 11 is 1.71. The molecule has 2 N–H and O–H groups in total. The standard InChI is InChI=1S/C21H20N2OS/c1-14-19(24)17-11-7-6-10-16(17)18-20(14)25-21(23(18)2)22-13-12-15-8-4-3-5-9-15/h3-11,24H,12-13H2,1-2H3/p+1. The van der Waals surface area contributed by atoms with Crippen molar-refractivity contribution in [3.63, 3.8) is 0 Å². The summed E-state index contributed by atoms with van der Waals surface area (Å²) in [5.74, 6) is 0.390. The topological polar surface area (TPSA) is 36.1 Å². The summed E-state index contributed by atoms with van der Waals surface area (Å²) in [7, 11) is 2.09. The average molecular weight is 349 g/mol. The van der Waals surface area contributed by atoms with Gasteiger partial charge in [0.15, 0.2) is 5.52 Å². The zero-order valence-corrected chi connectivity index (χ0v) is 15.2. The van der Waals surface area contributed by atoms with Gasteiger partial charge in [-0.25, -0.2) is 4.57 Å². The number of aryl methyl sites for hydroxylation is 2. The lowest BCUT2D eigenvalue weighted by Crippen LogP contribution is -2.30. The van der Waals surface area contributed by atoms with Gasteiger partial charge in [-0.3, -0.25) is 5.32 Å². The molecule has 0 unspecified atom stereocenters. The summed E-state index contributed by atoms with van der Waals surface area (Å²) in [5.41, 5.74) is 3.46. The quantitative estimate of drug-likeness (QED) is 0.530. The van der Waals surface area contributed by atoms with Crippen molar-refractivity contribution in [3.05, 3.63) is 65.7 Å². The number of nitrogens with one attached hydrogen (secondary N) is 1. The summed E-state index contributed by atoms with van der Waals surface area (Å²) in [6.07, 6.45) is 0.986. The van der Waals surface area contributed by atoms with Crippen molar-refractivity contribution in [3.8, 4) is 5.75 Å². The number of phenolic OH excluding ortho intramolecular Hbond substituents is 1. The summed E-state index contributed by atoms with van der Waals surface area (Å²) in [4.78, 5) is 0. The Bertz CT molecular complexity index is 1050. The average Bonchev–Trinajstić information content (AvgIpc) is 2.98. The molecule has 25 heavy (non-hydrogen) atoms. The highest BCUT2D eigenvalue weighted by molar-refractivity contribution is 7.22. The smallest absolute Gasteiger partial charge is 0.334 e. The lowest BCUT2D eigenvalue weighted by atomic mass is 10.0. The first kappa shape index (κ1) is 15.9. The van der Waals surface area contributed by atoms with E-state index < -0.39 is 0 Å². The van der Waals surface area contributed by atoms with Crippen LogP contribution in [0.25, 0.3) is 21.0 Å². The summed E-state index contributed by atoms with van der Waals surface area (Å²) in [6, 6.07) is 18.6. The molecule has 0 saturated carbocycles. The number of benzene rings is 3. The number of hydrogen-bond acceptors (Lipinski definition) is 3. The lowest BCUT2D eigenvalue weighted by Gasteiger charge is -2.05.